The van der Waals surface area contributed by atoms with E-state index in [1.807, 2.05) is 37.3 Å². The minimum Gasteiger partial charge on any atom is -0.496 e. The third-order valence-electron chi connectivity index (χ3n) is 2.89. The van der Waals surface area contributed by atoms with Crippen molar-refractivity contribution in [2.45, 2.75) is 13.5 Å². The van der Waals surface area contributed by atoms with E-state index >= 15 is 0 Å². The quantitative estimate of drug-likeness (QED) is 0.842. The highest BCUT2D eigenvalue weighted by Crippen LogP contribution is 2.24. The monoisotopic (exact) mass is 339 g/mol. The fraction of sp³-hybridized carbons (Fsp3) is 0.200. The first-order chi connectivity index (χ1) is 9.10. The maximum Gasteiger partial charge on any atom is 0.121 e. The second-order valence-corrected chi connectivity index (χ2v) is 5.60. The first-order valence-electron chi connectivity index (χ1n) is 5.92. The van der Waals surface area contributed by atoms with Gasteiger partial charge in [-0.05, 0) is 54.4 Å². The number of hydrogen-bond donors (Lipinski definition) is 1. The third-order valence-corrected chi connectivity index (χ3v) is 3.75. The lowest BCUT2D eigenvalue weighted by molar-refractivity contribution is 0.412. The molecule has 2 rings (SSSR count). The Bertz CT molecular complexity index is 586. The molecular weight excluding hydrogens is 326 g/mol. The van der Waals surface area contributed by atoms with Gasteiger partial charge in [0.25, 0.3) is 0 Å². The molecule has 2 nitrogen and oxygen atoms in total. The van der Waals surface area contributed by atoms with E-state index < -0.39 is 0 Å². The summed E-state index contributed by atoms with van der Waals surface area (Å²) in [4.78, 5) is 0. The number of rotatable bonds is 4. The fourth-order valence-corrected chi connectivity index (χ4v) is 2.46. The van der Waals surface area contributed by atoms with Gasteiger partial charge in [0, 0.05) is 21.7 Å². The molecule has 0 heterocycles. The van der Waals surface area contributed by atoms with Crippen molar-refractivity contribution >= 4 is 33.2 Å². The van der Waals surface area contributed by atoms with Crippen molar-refractivity contribution in [3.63, 3.8) is 0 Å². The maximum atomic E-state index is 6.16. The average molecular weight is 341 g/mol. The van der Waals surface area contributed by atoms with E-state index in [1.54, 1.807) is 7.11 Å². The molecule has 0 spiro atoms. The molecule has 2 aromatic carbocycles. The largest absolute Gasteiger partial charge is 0.496 e. The number of halogens is 2. The van der Waals surface area contributed by atoms with Crippen molar-refractivity contribution in [1.29, 1.82) is 0 Å². The molecule has 0 aliphatic rings. The van der Waals surface area contributed by atoms with Crippen molar-refractivity contribution < 1.29 is 4.74 Å². The van der Waals surface area contributed by atoms with Crippen LogP contribution in [0.1, 0.15) is 11.1 Å². The second kappa shape index (κ2) is 6.31. The molecule has 0 aliphatic heterocycles. The van der Waals surface area contributed by atoms with Gasteiger partial charge in [0.05, 0.1) is 7.11 Å². The number of aryl methyl sites for hydroxylation is 1. The summed E-state index contributed by atoms with van der Waals surface area (Å²) in [6.07, 6.45) is 0. The molecule has 0 aromatic heterocycles. The predicted molar refractivity (Wildman–Crippen MR) is 84.2 cm³/mol. The number of methoxy groups -OCH3 is 1. The fourth-order valence-electron chi connectivity index (χ4n) is 1.86. The van der Waals surface area contributed by atoms with Crippen LogP contribution in [0.3, 0.4) is 0 Å². The molecule has 0 fully saturated rings. The van der Waals surface area contributed by atoms with Gasteiger partial charge in [-0.25, -0.2) is 0 Å². The van der Waals surface area contributed by atoms with Crippen LogP contribution in [-0.4, -0.2) is 7.11 Å². The first-order valence-corrected chi connectivity index (χ1v) is 7.09. The molecule has 100 valence electrons. The van der Waals surface area contributed by atoms with E-state index in [1.165, 1.54) is 0 Å². The average Bonchev–Trinajstić information content (AvgIpc) is 2.40. The van der Waals surface area contributed by atoms with E-state index in [-0.39, 0.29) is 0 Å². The van der Waals surface area contributed by atoms with Gasteiger partial charge in [0.1, 0.15) is 5.75 Å². The molecular formula is C15H15BrClNO. The standard InChI is InChI=1S/C15H15BrClNO/c1-10-7-13(4-6-15(10)19-2)18-9-11-8-12(16)3-5-14(11)17/h3-8,18H,9H2,1-2H3. The summed E-state index contributed by atoms with van der Waals surface area (Å²) in [5.41, 5.74) is 3.21. The van der Waals surface area contributed by atoms with Crippen LogP contribution >= 0.6 is 27.5 Å². The van der Waals surface area contributed by atoms with Gasteiger partial charge in [-0.1, -0.05) is 27.5 Å². The number of anilines is 1. The topological polar surface area (TPSA) is 21.3 Å². The Morgan fingerprint density at radius 2 is 2.00 bits per heavy atom. The Labute approximate surface area is 126 Å². The molecule has 0 bridgehead atoms. The lowest BCUT2D eigenvalue weighted by atomic mass is 10.2. The molecule has 0 amide bonds. The van der Waals surface area contributed by atoms with E-state index in [4.69, 9.17) is 16.3 Å². The maximum absolute atomic E-state index is 6.16. The Morgan fingerprint density at radius 1 is 1.21 bits per heavy atom. The van der Waals surface area contributed by atoms with Gasteiger partial charge >= 0.3 is 0 Å². The van der Waals surface area contributed by atoms with Crippen LogP contribution in [0, 0.1) is 6.92 Å². The van der Waals surface area contributed by atoms with E-state index in [2.05, 4.69) is 27.3 Å². The van der Waals surface area contributed by atoms with Crippen LogP contribution in [0.15, 0.2) is 40.9 Å². The highest BCUT2D eigenvalue weighted by molar-refractivity contribution is 9.10. The Morgan fingerprint density at radius 3 is 2.68 bits per heavy atom. The number of nitrogens with one attached hydrogen (secondary N) is 1. The number of hydrogen-bond acceptors (Lipinski definition) is 2. The summed E-state index contributed by atoms with van der Waals surface area (Å²) in [7, 11) is 1.68. The zero-order chi connectivity index (χ0) is 13.8. The van der Waals surface area contributed by atoms with Crippen molar-refractivity contribution in [3.05, 3.63) is 57.0 Å². The Hall–Kier alpha value is -1.19. The zero-order valence-corrected chi connectivity index (χ0v) is 13.2. The second-order valence-electron chi connectivity index (χ2n) is 4.27. The van der Waals surface area contributed by atoms with E-state index in [0.717, 1.165) is 32.1 Å². The predicted octanol–water partition coefficient (Wildman–Crippen LogP) is 5.03. The molecule has 1 N–H and O–H groups in total. The molecule has 0 atom stereocenters. The summed E-state index contributed by atoms with van der Waals surface area (Å²) in [5, 5.41) is 4.13. The van der Waals surface area contributed by atoms with E-state index in [0.29, 0.717) is 6.54 Å². The van der Waals surface area contributed by atoms with Crippen LogP contribution in [-0.2, 0) is 6.54 Å². The molecule has 0 radical (unpaired) electrons. The van der Waals surface area contributed by atoms with Crippen LogP contribution in [0.5, 0.6) is 5.75 Å². The van der Waals surface area contributed by atoms with E-state index in [9.17, 15) is 0 Å². The summed E-state index contributed by atoms with van der Waals surface area (Å²) in [6.45, 7) is 2.71. The van der Waals surface area contributed by atoms with Gasteiger partial charge < -0.3 is 10.1 Å². The molecule has 0 unspecified atom stereocenters. The molecule has 0 aliphatic carbocycles. The molecule has 19 heavy (non-hydrogen) atoms. The van der Waals surface area contributed by atoms with Gasteiger partial charge in [-0.2, -0.15) is 0 Å². The first kappa shape index (κ1) is 14.2. The summed E-state index contributed by atoms with van der Waals surface area (Å²) < 4.78 is 6.27. The summed E-state index contributed by atoms with van der Waals surface area (Å²) in [5.74, 6) is 0.894. The van der Waals surface area contributed by atoms with Crippen LogP contribution in [0.4, 0.5) is 5.69 Å². The highest BCUT2D eigenvalue weighted by Gasteiger charge is 2.03. The zero-order valence-electron chi connectivity index (χ0n) is 10.8. The van der Waals surface area contributed by atoms with Crippen molar-refractivity contribution in [2.75, 3.05) is 12.4 Å². The summed E-state index contributed by atoms with van der Waals surface area (Å²) in [6, 6.07) is 11.9. The molecule has 4 heteroatoms. The van der Waals surface area contributed by atoms with Crippen LogP contribution in [0.25, 0.3) is 0 Å². The van der Waals surface area contributed by atoms with Gasteiger partial charge in [-0.3, -0.25) is 0 Å². The number of ether oxygens (including phenoxy) is 1. The Kier molecular flexibility index (Phi) is 4.72. The highest BCUT2D eigenvalue weighted by atomic mass is 79.9. The molecule has 0 saturated carbocycles. The SMILES string of the molecule is COc1ccc(NCc2cc(Br)ccc2Cl)cc1C. The smallest absolute Gasteiger partial charge is 0.121 e. The lowest BCUT2D eigenvalue weighted by Gasteiger charge is -2.11. The van der Waals surface area contributed by atoms with Crippen molar-refractivity contribution in [1.82, 2.24) is 0 Å². The van der Waals surface area contributed by atoms with Crippen molar-refractivity contribution in [2.24, 2.45) is 0 Å². The molecule has 0 saturated heterocycles. The van der Waals surface area contributed by atoms with Gasteiger partial charge in [0.2, 0.25) is 0 Å². The summed E-state index contributed by atoms with van der Waals surface area (Å²) >= 11 is 9.61. The minimum atomic E-state index is 0.685. The lowest BCUT2D eigenvalue weighted by Crippen LogP contribution is -2.00. The van der Waals surface area contributed by atoms with Crippen molar-refractivity contribution in [3.8, 4) is 5.75 Å². The third kappa shape index (κ3) is 3.64. The Balaban J connectivity index is 2.10. The van der Waals surface area contributed by atoms with Gasteiger partial charge in [-0.15, -0.1) is 0 Å². The van der Waals surface area contributed by atoms with Gasteiger partial charge in [0.15, 0.2) is 0 Å². The normalized spacial score (nSPS) is 10.3. The molecule has 2 aromatic rings. The minimum absolute atomic E-state index is 0.685. The van der Waals surface area contributed by atoms with Crippen LogP contribution < -0.4 is 10.1 Å². The number of benzene rings is 2. The van der Waals surface area contributed by atoms with Crippen LogP contribution in [0.2, 0.25) is 5.02 Å².